The average molecular weight is 280 g/mol. The van der Waals surface area contributed by atoms with Gasteiger partial charge in [-0.3, -0.25) is 4.79 Å². The summed E-state index contributed by atoms with van der Waals surface area (Å²) < 4.78 is 0. The molecule has 1 fully saturated rings. The Labute approximate surface area is 121 Å². The Hall–Kier alpha value is -2.43. The van der Waals surface area contributed by atoms with Gasteiger partial charge >= 0.3 is 0 Å². The molecule has 0 aliphatic heterocycles. The van der Waals surface area contributed by atoms with E-state index in [1.165, 1.54) is 12.8 Å². The van der Waals surface area contributed by atoms with Crippen LogP contribution in [0.25, 0.3) is 21.8 Å². The first kappa shape index (κ1) is 12.3. The predicted octanol–water partition coefficient (Wildman–Crippen LogP) is 2.60. The zero-order valence-electron chi connectivity index (χ0n) is 11.8. The predicted molar refractivity (Wildman–Crippen MR) is 83.6 cm³/mol. The Morgan fingerprint density at radius 2 is 2.14 bits per heavy atom. The summed E-state index contributed by atoms with van der Waals surface area (Å²) in [5.74, 6) is 1.33. The van der Waals surface area contributed by atoms with Crippen LogP contribution in [0.1, 0.15) is 18.4 Å². The second-order valence-corrected chi connectivity index (χ2v) is 5.78. The van der Waals surface area contributed by atoms with Crippen LogP contribution in [0.4, 0.5) is 5.95 Å². The van der Waals surface area contributed by atoms with Crippen LogP contribution in [-0.4, -0.2) is 21.5 Å². The maximum absolute atomic E-state index is 12.2. The van der Waals surface area contributed by atoms with Crippen molar-refractivity contribution in [3.05, 3.63) is 40.3 Å². The molecule has 21 heavy (non-hydrogen) atoms. The lowest BCUT2D eigenvalue weighted by Crippen LogP contribution is -2.11. The SMILES string of the molecule is Cc1ccc2c(c1)c(=O)[nH]c1nc(NCC3CC3)ncc12. The molecule has 0 saturated heterocycles. The topological polar surface area (TPSA) is 70.7 Å². The Morgan fingerprint density at radius 3 is 2.95 bits per heavy atom. The molecule has 1 aromatic carbocycles. The fourth-order valence-electron chi connectivity index (χ4n) is 2.57. The number of nitrogens with zero attached hydrogens (tertiary/aromatic N) is 2. The summed E-state index contributed by atoms with van der Waals surface area (Å²) in [7, 11) is 0. The quantitative estimate of drug-likeness (QED) is 0.723. The number of aromatic nitrogens is 3. The highest BCUT2D eigenvalue weighted by atomic mass is 16.1. The third-order valence-corrected chi connectivity index (χ3v) is 3.98. The normalized spacial score (nSPS) is 14.7. The van der Waals surface area contributed by atoms with Gasteiger partial charge < -0.3 is 10.3 Å². The van der Waals surface area contributed by atoms with E-state index in [0.717, 1.165) is 28.8 Å². The summed E-state index contributed by atoms with van der Waals surface area (Å²) in [6.45, 7) is 2.88. The van der Waals surface area contributed by atoms with Crippen molar-refractivity contribution in [1.29, 1.82) is 0 Å². The number of nitrogens with one attached hydrogen (secondary N) is 2. The van der Waals surface area contributed by atoms with E-state index in [2.05, 4.69) is 20.3 Å². The molecule has 1 aliphatic rings. The zero-order chi connectivity index (χ0) is 14.4. The van der Waals surface area contributed by atoms with Gasteiger partial charge in [0.25, 0.3) is 5.56 Å². The van der Waals surface area contributed by atoms with Crippen LogP contribution in [-0.2, 0) is 0 Å². The average Bonchev–Trinajstić information content (AvgIpc) is 3.29. The number of H-pyrrole nitrogens is 1. The van der Waals surface area contributed by atoms with Gasteiger partial charge in [0.1, 0.15) is 5.65 Å². The lowest BCUT2D eigenvalue weighted by atomic mass is 10.1. The fourth-order valence-corrected chi connectivity index (χ4v) is 2.57. The third-order valence-electron chi connectivity index (χ3n) is 3.98. The highest BCUT2D eigenvalue weighted by Crippen LogP contribution is 2.28. The van der Waals surface area contributed by atoms with Gasteiger partial charge in [0.05, 0.1) is 0 Å². The summed E-state index contributed by atoms with van der Waals surface area (Å²) in [4.78, 5) is 23.8. The van der Waals surface area contributed by atoms with E-state index >= 15 is 0 Å². The van der Waals surface area contributed by atoms with E-state index in [1.54, 1.807) is 6.20 Å². The van der Waals surface area contributed by atoms with Crippen LogP contribution in [0, 0.1) is 12.8 Å². The summed E-state index contributed by atoms with van der Waals surface area (Å²) in [5.41, 5.74) is 1.55. The van der Waals surface area contributed by atoms with Crippen LogP contribution in [0.3, 0.4) is 0 Å². The zero-order valence-corrected chi connectivity index (χ0v) is 11.8. The van der Waals surface area contributed by atoms with Gasteiger partial charge in [-0.1, -0.05) is 17.7 Å². The van der Waals surface area contributed by atoms with Gasteiger partial charge in [0, 0.05) is 23.5 Å². The van der Waals surface area contributed by atoms with Crippen molar-refractivity contribution in [2.75, 3.05) is 11.9 Å². The van der Waals surface area contributed by atoms with Crippen LogP contribution in [0.15, 0.2) is 29.2 Å². The highest BCUT2D eigenvalue weighted by Gasteiger charge is 2.21. The number of rotatable bonds is 3. The molecule has 0 atom stereocenters. The van der Waals surface area contributed by atoms with Crippen molar-refractivity contribution in [2.45, 2.75) is 19.8 Å². The molecular formula is C16H16N4O. The summed E-state index contributed by atoms with van der Waals surface area (Å²) in [5, 5.41) is 5.69. The minimum Gasteiger partial charge on any atom is -0.354 e. The van der Waals surface area contributed by atoms with Gasteiger partial charge in [-0.05, 0) is 37.1 Å². The first-order valence-corrected chi connectivity index (χ1v) is 7.24. The molecule has 0 amide bonds. The summed E-state index contributed by atoms with van der Waals surface area (Å²) in [6, 6.07) is 5.86. The highest BCUT2D eigenvalue weighted by molar-refractivity contribution is 6.03. The van der Waals surface area contributed by atoms with Crippen LogP contribution < -0.4 is 10.9 Å². The van der Waals surface area contributed by atoms with E-state index in [0.29, 0.717) is 17.0 Å². The number of pyridine rings is 1. The molecule has 1 aliphatic carbocycles. The second kappa shape index (κ2) is 4.55. The third kappa shape index (κ3) is 2.24. The first-order chi connectivity index (χ1) is 10.2. The summed E-state index contributed by atoms with van der Waals surface area (Å²) in [6.07, 6.45) is 4.34. The number of hydrogen-bond acceptors (Lipinski definition) is 4. The molecule has 0 unspecified atom stereocenters. The number of anilines is 1. The molecular weight excluding hydrogens is 264 g/mol. The molecule has 5 heteroatoms. The molecule has 2 heterocycles. The fraction of sp³-hybridized carbons (Fsp3) is 0.312. The van der Waals surface area contributed by atoms with Gasteiger partial charge in [-0.25, -0.2) is 4.98 Å². The van der Waals surface area contributed by atoms with Gasteiger partial charge in [0.2, 0.25) is 5.95 Å². The van der Waals surface area contributed by atoms with Gasteiger partial charge in [0.15, 0.2) is 0 Å². The largest absolute Gasteiger partial charge is 0.354 e. The molecule has 106 valence electrons. The molecule has 0 spiro atoms. The Morgan fingerprint density at radius 1 is 1.29 bits per heavy atom. The number of benzene rings is 1. The first-order valence-electron chi connectivity index (χ1n) is 7.24. The van der Waals surface area contributed by atoms with Crippen LogP contribution in [0.5, 0.6) is 0 Å². The van der Waals surface area contributed by atoms with Gasteiger partial charge in [-0.15, -0.1) is 0 Å². The van der Waals surface area contributed by atoms with Crippen molar-refractivity contribution in [1.82, 2.24) is 15.0 Å². The summed E-state index contributed by atoms with van der Waals surface area (Å²) >= 11 is 0. The van der Waals surface area contributed by atoms with E-state index in [-0.39, 0.29) is 5.56 Å². The maximum atomic E-state index is 12.2. The minimum atomic E-state index is -0.104. The number of fused-ring (bicyclic) bond motifs is 3. The maximum Gasteiger partial charge on any atom is 0.257 e. The van der Waals surface area contributed by atoms with Crippen molar-refractivity contribution in [3.63, 3.8) is 0 Å². The standard InChI is InChI=1S/C16H16N4O/c1-9-2-5-11-12(6-9)15(21)19-14-13(11)8-18-16(20-14)17-7-10-3-4-10/h2,5-6,8,10H,3-4,7H2,1H3,(H2,17,18,19,20,21). The van der Waals surface area contributed by atoms with Crippen molar-refractivity contribution in [3.8, 4) is 0 Å². The minimum absolute atomic E-state index is 0.104. The smallest absolute Gasteiger partial charge is 0.257 e. The Balaban J connectivity index is 1.85. The number of hydrogen-bond donors (Lipinski definition) is 2. The van der Waals surface area contributed by atoms with Crippen LogP contribution >= 0.6 is 0 Å². The van der Waals surface area contributed by atoms with Crippen molar-refractivity contribution < 1.29 is 0 Å². The van der Waals surface area contributed by atoms with E-state index < -0.39 is 0 Å². The number of aromatic amines is 1. The monoisotopic (exact) mass is 280 g/mol. The van der Waals surface area contributed by atoms with E-state index in [4.69, 9.17) is 0 Å². The lowest BCUT2D eigenvalue weighted by molar-refractivity contribution is 0.875. The van der Waals surface area contributed by atoms with Crippen molar-refractivity contribution in [2.24, 2.45) is 5.92 Å². The molecule has 2 aromatic heterocycles. The molecule has 3 aromatic rings. The van der Waals surface area contributed by atoms with Crippen LogP contribution in [0.2, 0.25) is 0 Å². The van der Waals surface area contributed by atoms with E-state index in [1.807, 2.05) is 25.1 Å². The molecule has 1 saturated carbocycles. The second-order valence-electron chi connectivity index (χ2n) is 5.78. The van der Waals surface area contributed by atoms with Crippen molar-refractivity contribution >= 4 is 27.8 Å². The Kier molecular flexibility index (Phi) is 2.67. The van der Waals surface area contributed by atoms with Gasteiger partial charge in [-0.2, -0.15) is 4.98 Å². The lowest BCUT2D eigenvalue weighted by Gasteiger charge is -2.07. The molecule has 0 radical (unpaired) electrons. The number of aryl methyl sites for hydroxylation is 1. The molecule has 2 N–H and O–H groups in total. The molecule has 5 nitrogen and oxygen atoms in total. The molecule has 4 rings (SSSR count). The molecule has 0 bridgehead atoms. The Bertz CT molecular complexity index is 896. The van der Waals surface area contributed by atoms with E-state index in [9.17, 15) is 4.79 Å².